The van der Waals surface area contributed by atoms with E-state index in [0.29, 0.717) is 0 Å². The average molecular weight is 176 g/mol. The molecule has 3 heteroatoms. The Hall–Kier alpha value is -1.35. The molecule has 1 aliphatic heterocycles. The maximum absolute atomic E-state index is 11.2. The summed E-state index contributed by atoms with van der Waals surface area (Å²) in [6.07, 6.45) is 0. The molecule has 1 aliphatic rings. The van der Waals surface area contributed by atoms with Crippen molar-refractivity contribution in [2.75, 3.05) is 7.05 Å². The zero-order valence-corrected chi connectivity index (χ0v) is 7.53. The summed E-state index contributed by atoms with van der Waals surface area (Å²) in [6, 6.07) is 7.68. The number of primary amides is 1. The third-order valence-corrected chi connectivity index (χ3v) is 2.48. The highest BCUT2D eigenvalue weighted by molar-refractivity contribution is 5.82. The number of carbonyl (C=O) groups excluding carboxylic acids is 1. The van der Waals surface area contributed by atoms with Gasteiger partial charge in [0.15, 0.2) is 0 Å². The van der Waals surface area contributed by atoms with Gasteiger partial charge in [-0.2, -0.15) is 0 Å². The minimum atomic E-state index is -0.271. The van der Waals surface area contributed by atoms with Crippen molar-refractivity contribution < 1.29 is 4.79 Å². The normalized spacial score (nSPS) is 21.5. The van der Waals surface area contributed by atoms with Crippen LogP contribution in [0.2, 0.25) is 0 Å². The van der Waals surface area contributed by atoms with Crippen LogP contribution in [0, 0.1) is 0 Å². The molecule has 13 heavy (non-hydrogen) atoms. The van der Waals surface area contributed by atoms with E-state index in [1.54, 1.807) is 0 Å². The topological polar surface area (TPSA) is 46.3 Å². The van der Waals surface area contributed by atoms with E-state index in [9.17, 15) is 4.79 Å². The fourth-order valence-electron chi connectivity index (χ4n) is 1.91. The molecular weight excluding hydrogens is 164 g/mol. The minimum absolute atomic E-state index is 0.240. The number of likely N-dealkylation sites (N-methyl/N-ethyl adjacent to an activating group) is 1. The van der Waals surface area contributed by atoms with Crippen LogP contribution in [0.15, 0.2) is 24.3 Å². The summed E-state index contributed by atoms with van der Waals surface area (Å²) in [4.78, 5) is 13.1. The van der Waals surface area contributed by atoms with Gasteiger partial charge in [-0.05, 0) is 18.2 Å². The van der Waals surface area contributed by atoms with E-state index in [4.69, 9.17) is 5.73 Å². The Balaban J connectivity index is 2.46. The van der Waals surface area contributed by atoms with Crippen molar-refractivity contribution in [1.82, 2.24) is 4.90 Å². The molecule has 0 radical (unpaired) electrons. The van der Waals surface area contributed by atoms with Gasteiger partial charge < -0.3 is 5.73 Å². The summed E-state index contributed by atoms with van der Waals surface area (Å²) in [5, 5.41) is 0. The Morgan fingerprint density at radius 3 is 2.92 bits per heavy atom. The Morgan fingerprint density at radius 2 is 2.23 bits per heavy atom. The lowest BCUT2D eigenvalue weighted by atomic mass is 10.1. The van der Waals surface area contributed by atoms with Gasteiger partial charge in [0.05, 0.1) is 0 Å². The highest BCUT2D eigenvalue weighted by Gasteiger charge is 2.30. The molecule has 2 rings (SSSR count). The van der Waals surface area contributed by atoms with Gasteiger partial charge in [-0.3, -0.25) is 9.69 Å². The highest BCUT2D eigenvalue weighted by Crippen LogP contribution is 2.31. The summed E-state index contributed by atoms with van der Waals surface area (Å²) in [6.45, 7) is 0.809. The summed E-state index contributed by atoms with van der Waals surface area (Å²) in [5.74, 6) is -0.271. The van der Waals surface area contributed by atoms with Crippen LogP contribution < -0.4 is 5.73 Å². The Bertz CT molecular complexity index is 349. The molecule has 1 unspecified atom stereocenters. The van der Waals surface area contributed by atoms with E-state index in [1.165, 1.54) is 5.56 Å². The largest absolute Gasteiger partial charge is 0.368 e. The third-order valence-electron chi connectivity index (χ3n) is 2.48. The first-order valence-corrected chi connectivity index (χ1v) is 4.27. The van der Waals surface area contributed by atoms with Gasteiger partial charge in [0.25, 0.3) is 0 Å². The Morgan fingerprint density at radius 1 is 1.54 bits per heavy atom. The second-order valence-electron chi connectivity index (χ2n) is 3.42. The van der Waals surface area contributed by atoms with E-state index < -0.39 is 0 Å². The number of nitrogens with zero attached hydrogens (tertiary/aromatic N) is 1. The molecular formula is C10H12N2O. The zero-order chi connectivity index (χ0) is 9.42. The number of hydrogen-bond donors (Lipinski definition) is 1. The molecule has 1 aromatic rings. The number of benzene rings is 1. The lowest BCUT2D eigenvalue weighted by Gasteiger charge is -2.15. The van der Waals surface area contributed by atoms with Crippen molar-refractivity contribution >= 4 is 5.91 Å². The number of carbonyl (C=O) groups is 1. The SMILES string of the molecule is CN1Cc2ccccc2C1C(N)=O. The predicted octanol–water partition coefficient (Wildman–Crippen LogP) is 0.658. The molecule has 1 amide bonds. The molecule has 0 aliphatic carbocycles. The lowest BCUT2D eigenvalue weighted by Crippen LogP contribution is -2.30. The van der Waals surface area contributed by atoms with E-state index in [2.05, 4.69) is 0 Å². The molecule has 68 valence electrons. The molecule has 0 saturated heterocycles. The van der Waals surface area contributed by atoms with E-state index in [-0.39, 0.29) is 11.9 Å². The summed E-state index contributed by atoms with van der Waals surface area (Å²) in [5.41, 5.74) is 7.58. The van der Waals surface area contributed by atoms with Crippen molar-refractivity contribution in [2.24, 2.45) is 5.73 Å². The predicted molar refractivity (Wildman–Crippen MR) is 49.8 cm³/mol. The van der Waals surface area contributed by atoms with Crippen LogP contribution in [-0.2, 0) is 11.3 Å². The first-order chi connectivity index (χ1) is 6.20. The zero-order valence-electron chi connectivity index (χ0n) is 7.53. The highest BCUT2D eigenvalue weighted by atomic mass is 16.1. The number of amides is 1. The fourth-order valence-corrected chi connectivity index (χ4v) is 1.91. The maximum Gasteiger partial charge on any atom is 0.239 e. The number of rotatable bonds is 1. The third kappa shape index (κ3) is 1.21. The standard InChI is InChI=1S/C10H12N2O/c1-12-6-7-4-2-3-5-8(7)9(12)10(11)13/h2-5,9H,6H2,1H3,(H2,11,13). The van der Waals surface area contributed by atoms with Gasteiger partial charge in [-0.1, -0.05) is 24.3 Å². The van der Waals surface area contributed by atoms with Gasteiger partial charge in [-0.15, -0.1) is 0 Å². The molecule has 0 aromatic heterocycles. The van der Waals surface area contributed by atoms with Crippen molar-refractivity contribution in [3.63, 3.8) is 0 Å². The second-order valence-corrected chi connectivity index (χ2v) is 3.42. The average Bonchev–Trinajstić information content (AvgIpc) is 2.39. The van der Waals surface area contributed by atoms with Crippen LogP contribution in [0.1, 0.15) is 17.2 Å². The molecule has 2 N–H and O–H groups in total. The Labute approximate surface area is 77.1 Å². The van der Waals surface area contributed by atoms with Crippen LogP contribution in [0.25, 0.3) is 0 Å². The van der Waals surface area contributed by atoms with Gasteiger partial charge in [0.2, 0.25) is 5.91 Å². The lowest BCUT2D eigenvalue weighted by molar-refractivity contribution is -0.122. The van der Waals surface area contributed by atoms with Gasteiger partial charge >= 0.3 is 0 Å². The van der Waals surface area contributed by atoms with Gasteiger partial charge in [0.1, 0.15) is 6.04 Å². The molecule has 0 bridgehead atoms. The quantitative estimate of drug-likeness (QED) is 0.683. The summed E-state index contributed by atoms with van der Waals surface area (Å²) >= 11 is 0. The van der Waals surface area contributed by atoms with Crippen LogP contribution in [0.3, 0.4) is 0 Å². The Kier molecular flexibility index (Phi) is 1.81. The fraction of sp³-hybridized carbons (Fsp3) is 0.300. The van der Waals surface area contributed by atoms with Crippen LogP contribution in [-0.4, -0.2) is 17.9 Å². The van der Waals surface area contributed by atoms with Crippen LogP contribution in [0.4, 0.5) is 0 Å². The van der Waals surface area contributed by atoms with Crippen molar-refractivity contribution in [3.8, 4) is 0 Å². The molecule has 0 saturated carbocycles. The minimum Gasteiger partial charge on any atom is -0.368 e. The number of fused-ring (bicyclic) bond motifs is 1. The maximum atomic E-state index is 11.2. The van der Waals surface area contributed by atoms with Crippen molar-refractivity contribution in [3.05, 3.63) is 35.4 Å². The van der Waals surface area contributed by atoms with Crippen LogP contribution in [0.5, 0.6) is 0 Å². The monoisotopic (exact) mass is 176 g/mol. The molecule has 3 nitrogen and oxygen atoms in total. The number of nitrogens with two attached hydrogens (primary N) is 1. The molecule has 1 atom stereocenters. The van der Waals surface area contributed by atoms with Gasteiger partial charge in [0, 0.05) is 6.54 Å². The number of hydrogen-bond acceptors (Lipinski definition) is 2. The molecule has 0 fully saturated rings. The second kappa shape index (κ2) is 2.85. The van der Waals surface area contributed by atoms with Crippen LogP contribution >= 0.6 is 0 Å². The van der Waals surface area contributed by atoms with E-state index in [0.717, 1.165) is 12.1 Å². The first-order valence-electron chi connectivity index (χ1n) is 4.27. The molecule has 1 aromatic carbocycles. The van der Waals surface area contributed by atoms with E-state index in [1.807, 2.05) is 36.2 Å². The smallest absolute Gasteiger partial charge is 0.239 e. The summed E-state index contributed by atoms with van der Waals surface area (Å²) in [7, 11) is 1.91. The summed E-state index contributed by atoms with van der Waals surface area (Å²) < 4.78 is 0. The van der Waals surface area contributed by atoms with Crippen molar-refractivity contribution in [2.45, 2.75) is 12.6 Å². The molecule has 1 heterocycles. The first kappa shape index (κ1) is 8.26. The van der Waals surface area contributed by atoms with E-state index >= 15 is 0 Å². The molecule has 0 spiro atoms. The van der Waals surface area contributed by atoms with Gasteiger partial charge in [-0.25, -0.2) is 0 Å². The van der Waals surface area contributed by atoms with Crippen molar-refractivity contribution in [1.29, 1.82) is 0 Å².